The van der Waals surface area contributed by atoms with E-state index < -0.39 is 54.5 Å². The van der Waals surface area contributed by atoms with E-state index in [0.29, 0.717) is 17.8 Å². The van der Waals surface area contributed by atoms with Crippen molar-refractivity contribution in [3.63, 3.8) is 0 Å². The summed E-state index contributed by atoms with van der Waals surface area (Å²) in [7, 11) is -8.57. The van der Waals surface area contributed by atoms with Gasteiger partial charge in [0.2, 0.25) is 11.4 Å². The maximum Gasteiger partial charge on any atom is 0.373 e. The Morgan fingerprint density at radius 2 is 1.00 bits per heavy atom. The van der Waals surface area contributed by atoms with Gasteiger partial charge in [-0.15, -0.1) is 0 Å². The molecule has 73 heavy (non-hydrogen) atoms. The number of anilines is 2. The molecule has 0 unspecified atom stereocenters. The van der Waals surface area contributed by atoms with Crippen molar-refractivity contribution in [3.8, 4) is 0 Å². The monoisotopic (exact) mass is 1040 g/mol. The summed E-state index contributed by atoms with van der Waals surface area (Å²) >= 11 is 0. The quantitative estimate of drug-likeness (QED) is 0.0325. The van der Waals surface area contributed by atoms with Gasteiger partial charge in [0.05, 0.1) is 65.3 Å². The van der Waals surface area contributed by atoms with Crippen LogP contribution < -0.4 is 10.6 Å². The van der Waals surface area contributed by atoms with Gasteiger partial charge in [0, 0.05) is 67.1 Å². The summed E-state index contributed by atoms with van der Waals surface area (Å²) in [5.74, 6) is -2.90. The normalized spacial score (nSPS) is 13.7. The van der Waals surface area contributed by atoms with Crippen LogP contribution in [0.3, 0.4) is 0 Å². The van der Waals surface area contributed by atoms with Gasteiger partial charge in [0.1, 0.15) is 13.1 Å². The molecule has 5 aromatic rings. The lowest BCUT2D eigenvalue weighted by molar-refractivity contribution is -0.438. The Morgan fingerprint density at radius 3 is 1.44 bits per heavy atom. The highest BCUT2D eigenvalue weighted by Crippen LogP contribution is 2.43. The third-order valence-corrected chi connectivity index (χ3v) is 13.0. The van der Waals surface area contributed by atoms with Gasteiger partial charge in [0.25, 0.3) is 0 Å². The van der Waals surface area contributed by atoms with E-state index >= 15 is 0 Å². The largest absolute Gasteiger partial charge is 0.748 e. The smallest absolute Gasteiger partial charge is 0.373 e. The van der Waals surface area contributed by atoms with Gasteiger partial charge in [-0.1, -0.05) is 66.7 Å². The number of aliphatic imine (C=N–C) groups is 1. The maximum absolute atomic E-state index is 11.8. The number of nitrogens with one attached hydrogen (secondary N) is 2. The first-order chi connectivity index (χ1) is 34.4. The van der Waals surface area contributed by atoms with Crippen LogP contribution in [-0.2, 0) is 50.2 Å². The summed E-state index contributed by atoms with van der Waals surface area (Å²) in [5.41, 5.74) is 6.89. The first-order valence-electron chi connectivity index (χ1n) is 22.2. The van der Waals surface area contributed by atoms with Crippen molar-refractivity contribution in [2.75, 3.05) is 35.2 Å². The molecule has 7 rings (SSSR count). The molecule has 2 aliphatic heterocycles. The Balaban J connectivity index is 0.000000287. The molecule has 21 heteroatoms. The second kappa shape index (κ2) is 27.5. The van der Waals surface area contributed by atoms with Gasteiger partial charge in [-0.25, -0.2) is 31.4 Å². The van der Waals surface area contributed by atoms with Crippen LogP contribution >= 0.6 is 0 Å². The summed E-state index contributed by atoms with van der Waals surface area (Å²) < 4.78 is 69.2. The van der Waals surface area contributed by atoms with Gasteiger partial charge in [0.15, 0.2) is 11.4 Å². The Labute approximate surface area is 423 Å². The number of aromatic carboxylic acids is 2. The predicted molar refractivity (Wildman–Crippen MR) is 270 cm³/mol. The van der Waals surface area contributed by atoms with Gasteiger partial charge in [-0.05, 0) is 76.2 Å². The molecule has 0 amide bonds. The van der Waals surface area contributed by atoms with Crippen molar-refractivity contribution in [3.05, 3.63) is 162 Å². The van der Waals surface area contributed by atoms with Crippen molar-refractivity contribution in [2.24, 2.45) is 4.99 Å². The zero-order valence-electron chi connectivity index (χ0n) is 40.6. The summed E-state index contributed by atoms with van der Waals surface area (Å²) in [6.45, 7) is 10.3. The number of carboxylic acid groups (broad SMARTS) is 2. The van der Waals surface area contributed by atoms with Gasteiger partial charge in [-0.3, -0.25) is 0 Å². The third-order valence-electron chi connectivity index (χ3n) is 11.4. The Hall–Kier alpha value is -8.03. The molecule has 0 saturated carbocycles. The number of hydrogen-bond donors (Lipinski definition) is 4. The Bertz CT molecular complexity index is 3110. The molecule has 0 fully saturated rings. The maximum atomic E-state index is 11.8. The molecule has 0 aliphatic carbocycles. The highest BCUT2D eigenvalue weighted by molar-refractivity contribution is 7.85. The van der Waals surface area contributed by atoms with E-state index in [1.54, 1.807) is 36.8 Å². The summed E-state index contributed by atoms with van der Waals surface area (Å²) in [4.78, 5) is 60.1. The molecule has 5 aromatic carbocycles. The van der Waals surface area contributed by atoms with E-state index in [9.17, 15) is 45.7 Å². The minimum atomic E-state index is -4.32. The van der Waals surface area contributed by atoms with Crippen LogP contribution in [0.5, 0.6) is 0 Å². The molecule has 0 saturated heterocycles. The number of carboxylic acids is 2. The third kappa shape index (κ3) is 17.7. The van der Waals surface area contributed by atoms with Crippen LogP contribution in [0, 0.1) is 0 Å². The summed E-state index contributed by atoms with van der Waals surface area (Å²) in [6, 6.07) is 39.5. The molecule has 2 aliphatic rings. The number of allylic oxidation sites excluding steroid dienone is 1. The molecule has 2 heterocycles. The van der Waals surface area contributed by atoms with Gasteiger partial charge < -0.3 is 30.0 Å². The van der Waals surface area contributed by atoms with Crippen LogP contribution in [0.2, 0.25) is 0 Å². The summed E-state index contributed by atoms with van der Waals surface area (Å²) in [6.07, 6.45) is 6.18. The number of nitrogens with zero attached hydrogens (tertiary/aromatic N) is 3. The van der Waals surface area contributed by atoms with E-state index in [4.69, 9.17) is 19.2 Å². The number of hydrogen-bond acceptors (Lipinski definition) is 14. The number of carbonyl (C=O) groups excluding carboxylic acids is 4. The van der Waals surface area contributed by atoms with Crippen molar-refractivity contribution in [2.45, 2.75) is 58.3 Å². The van der Waals surface area contributed by atoms with Crippen LogP contribution in [0.1, 0.15) is 79.3 Å². The van der Waals surface area contributed by atoms with E-state index in [-0.39, 0.29) is 42.8 Å². The van der Waals surface area contributed by atoms with E-state index in [1.165, 1.54) is 0 Å². The molecular formula is C52H55N5O14S2. The zero-order chi connectivity index (χ0) is 54.4. The molecule has 0 radical (unpaired) electrons. The fourth-order valence-electron chi connectivity index (χ4n) is 8.10. The molecule has 0 bridgehead atoms. The minimum Gasteiger partial charge on any atom is -0.748 e. The standard InChI is InChI=1S/C22H24N2O5S.C15H19NO5S.C13H12N2.2CO2/c1-22(2)19(12-13-23-16-8-4-3-5-9-16)24(14-7-15-30(27,28)29)18-11-6-10-17(20(18)22)21(25)26;1-10-15(2,3)13-11(14(17)18)6-4-7-12(13)16(10)8-5-9-22(19,20)21;1-3-7-12(8-4-1)14-11-15-13-9-5-2-6-10-13;2*2-1-3/h3-6,8-13H,7,14-15H2,1-2H3,(H2,25,26,27,28,29);4,6-7H,5,8-9H2,1-3H3,(H-,17,18,19,20,21);1-11H,(H,14,15);;. The molecule has 4 N–H and O–H groups in total. The Morgan fingerprint density at radius 1 is 0.603 bits per heavy atom. The van der Waals surface area contributed by atoms with Gasteiger partial charge in [-0.2, -0.15) is 28.3 Å². The highest BCUT2D eigenvalue weighted by Gasteiger charge is 2.47. The van der Waals surface area contributed by atoms with Crippen molar-refractivity contribution in [1.29, 1.82) is 0 Å². The van der Waals surface area contributed by atoms with Crippen molar-refractivity contribution < 1.29 is 74.1 Å². The first-order valence-corrected chi connectivity index (χ1v) is 25.3. The average molecular weight is 1040 g/mol. The molecule has 0 aromatic heterocycles. The minimum absolute atomic E-state index is 0.141. The second-order valence-corrected chi connectivity index (χ2v) is 19.9. The van der Waals surface area contributed by atoms with Crippen molar-refractivity contribution in [1.82, 2.24) is 0 Å². The lowest BCUT2D eigenvalue weighted by Crippen LogP contribution is -2.29. The van der Waals surface area contributed by atoms with Crippen LogP contribution in [-0.4, -0.2) is 112 Å². The first kappa shape index (κ1) is 59.3. The number of benzene rings is 5. The lowest BCUT2D eigenvalue weighted by Gasteiger charge is -2.17. The second-order valence-electron chi connectivity index (χ2n) is 16.9. The number of para-hydroxylation sites is 3. The molecule has 384 valence electrons. The average Bonchev–Trinajstić information content (AvgIpc) is 3.67. The number of rotatable bonds is 16. The highest BCUT2D eigenvalue weighted by atomic mass is 32.2. The van der Waals surface area contributed by atoms with E-state index in [1.807, 2.05) is 153 Å². The summed E-state index contributed by atoms with van der Waals surface area (Å²) in [5, 5.41) is 25.4. The fourth-order valence-corrected chi connectivity index (χ4v) is 9.07. The zero-order valence-corrected chi connectivity index (χ0v) is 42.2. The lowest BCUT2D eigenvalue weighted by atomic mass is 9.79. The number of carbonyl (C=O) groups is 2. The molecule has 0 atom stereocenters. The number of fused-ring (bicyclic) bond motifs is 2. The van der Waals surface area contributed by atoms with E-state index in [0.717, 1.165) is 39.7 Å². The van der Waals surface area contributed by atoms with Crippen LogP contribution in [0.25, 0.3) is 0 Å². The molecular weight excluding hydrogens is 983 g/mol. The molecule has 0 spiro atoms. The topological polar surface area (TPSA) is 300 Å². The SMILES string of the molecule is C(=Nc1ccccc1)Nc1ccccc1.CC1(C)C(/C=C/Nc2ccccc2)=[N+](CCCS(=O)(=O)[O-])c2cccc(C(=O)O)c21.CC1=[N+](CCCS(=O)(=O)[O-])c2cccc(C(=O)O)c2C1(C)C.O=C=O.O=C=O. The fraction of sp³-hybridized carbons (Fsp3) is 0.250. The van der Waals surface area contributed by atoms with Crippen molar-refractivity contribution >= 4 is 90.7 Å². The van der Waals surface area contributed by atoms with Gasteiger partial charge >= 0.3 is 24.2 Å². The van der Waals surface area contributed by atoms with Crippen LogP contribution in [0.4, 0.5) is 28.4 Å². The molecule has 19 nitrogen and oxygen atoms in total. The van der Waals surface area contributed by atoms with E-state index in [2.05, 4.69) is 15.6 Å². The Kier molecular flexibility index (Phi) is 22.4. The van der Waals surface area contributed by atoms with Crippen LogP contribution in [0.15, 0.2) is 145 Å². The predicted octanol–water partition coefficient (Wildman–Crippen LogP) is 7.33.